The molecule has 0 aliphatic heterocycles. The Morgan fingerprint density at radius 1 is 1.00 bits per heavy atom. The summed E-state index contributed by atoms with van der Waals surface area (Å²) in [7, 11) is 0. The first-order chi connectivity index (χ1) is 18.9. The number of aromatic nitrogens is 3. The van der Waals surface area contributed by atoms with E-state index in [1.165, 1.54) is 70.6 Å². The molecule has 5 aliphatic carbocycles. The number of carbonyl (C=O) groups excluding carboxylic acids is 1. The van der Waals surface area contributed by atoms with Gasteiger partial charge in [-0.3, -0.25) is 14.4 Å². The van der Waals surface area contributed by atoms with Gasteiger partial charge in [-0.1, -0.05) is 19.3 Å². The first kappa shape index (κ1) is 27.0. The Morgan fingerprint density at radius 2 is 1.69 bits per heavy atom. The van der Waals surface area contributed by atoms with E-state index < -0.39 is 0 Å². The van der Waals surface area contributed by atoms with Gasteiger partial charge in [-0.15, -0.1) is 0 Å². The molecule has 2 heterocycles. The lowest BCUT2D eigenvalue weighted by Crippen LogP contribution is -2.52. The summed E-state index contributed by atoms with van der Waals surface area (Å²) in [5.41, 5.74) is 2.90. The van der Waals surface area contributed by atoms with Crippen LogP contribution in [-0.2, 0) is 4.79 Å². The van der Waals surface area contributed by atoms with Crippen molar-refractivity contribution >= 4 is 11.7 Å². The second-order valence-electron chi connectivity index (χ2n) is 13.8. The zero-order chi connectivity index (χ0) is 27.0. The van der Waals surface area contributed by atoms with Gasteiger partial charge in [0.2, 0.25) is 5.91 Å². The van der Waals surface area contributed by atoms with Gasteiger partial charge in [-0.25, -0.2) is 4.98 Å². The van der Waals surface area contributed by atoms with Crippen molar-refractivity contribution in [3.63, 3.8) is 0 Å². The molecular formula is C33H48N4O2. The molecule has 212 valence electrons. The molecule has 5 fully saturated rings. The number of anilines is 1. The summed E-state index contributed by atoms with van der Waals surface area (Å²) >= 11 is 0. The van der Waals surface area contributed by atoms with Gasteiger partial charge < -0.3 is 5.11 Å². The van der Waals surface area contributed by atoms with Crippen LogP contribution in [0.25, 0.3) is 11.1 Å². The Kier molecular flexibility index (Phi) is 7.60. The molecule has 7 rings (SSSR count). The predicted octanol–water partition coefficient (Wildman–Crippen LogP) is 7.33. The van der Waals surface area contributed by atoms with Gasteiger partial charge in [0.1, 0.15) is 5.82 Å². The van der Waals surface area contributed by atoms with Crippen molar-refractivity contribution in [2.24, 2.45) is 22.7 Å². The van der Waals surface area contributed by atoms with Crippen molar-refractivity contribution < 1.29 is 9.90 Å². The highest BCUT2D eigenvalue weighted by Crippen LogP contribution is 2.62. The molecule has 6 nitrogen and oxygen atoms in total. The number of pyridine rings is 1. The summed E-state index contributed by atoms with van der Waals surface area (Å²) in [5.74, 6) is 1.91. The molecule has 5 aliphatic rings. The molecule has 0 aromatic carbocycles. The van der Waals surface area contributed by atoms with E-state index in [1.807, 2.05) is 23.1 Å². The Labute approximate surface area is 234 Å². The third-order valence-corrected chi connectivity index (χ3v) is 11.2. The Morgan fingerprint density at radius 3 is 2.33 bits per heavy atom. The van der Waals surface area contributed by atoms with E-state index in [2.05, 4.69) is 36.1 Å². The molecule has 5 saturated carbocycles. The summed E-state index contributed by atoms with van der Waals surface area (Å²) in [5, 5.41) is 14.6. The fourth-order valence-electron chi connectivity index (χ4n) is 8.52. The van der Waals surface area contributed by atoms with Crippen molar-refractivity contribution in [1.82, 2.24) is 14.8 Å². The van der Waals surface area contributed by atoms with E-state index in [0.717, 1.165) is 55.1 Å². The van der Waals surface area contributed by atoms with Crippen molar-refractivity contribution in [1.29, 1.82) is 0 Å². The third-order valence-electron chi connectivity index (χ3n) is 11.2. The van der Waals surface area contributed by atoms with Crippen LogP contribution < -0.4 is 4.90 Å². The summed E-state index contributed by atoms with van der Waals surface area (Å²) in [4.78, 5) is 21.1. The summed E-state index contributed by atoms with van der Waals surface area (Å²) in [6.45, 7) is 5.05. The van der Waals surface area contributed by atoms with E-state index in [-0.39, 0.29) is 23.3 Å². The SMILES string of the molecule is CC(C)n1cc(-c2ccnc(N(CC34CCC(C5CCCCC5)(CC3)CC4)C(=O)C3CCC(O)CC3)c2)cn1. The quantitative estimate of drug-likeness (QED) is 0.405. The van der Waals surface area contributed by atoms with E-state index in [9.17, 15) is 9.90 Å². The van der Waals surface area contributed by atoms with Crippen LogP contribution in [0.3, 0.4) is 0 Å². The van der Waals surface area contributed by atoms with Crippen LogP contribution in [0.1, 0.15) is 116 Å². The molecule has 0 unspecified atom stereocenters. The molecule has 0 spiro atoms. The minimum atomic E-state index is -0.260. The van der Waals surface area contributed by atoms with Crippen molar-refractivity contribution in [3.05, 3.63) is 30.7 Å². The molecule has 0 saturated heterocycles. The van der Waals surface area contributed by atoms with Crippen LogP contribution >= 0.6 is 0 Å². The lowest BCUT2D eigenvalue weighted by molar-refractivity contribution is -0.125. The zero-order valence-electron chi connectivity index (χ0n) is 24.2. The van der Waals surface area contributed by atoms with Crippen molar-refractivity contribution in [2.45, 2.75) is 122 Å². The van der Waals surface area contributed by atoms with Crippen LogP contribution in [0, 0.1) is 22.7 Å². The van der Waals surface area contributed by atoms with Gasteiger partial charge in [-0.2, -0.15) is 5.10 Å². The van der Waals surface area contributed by atoms with Crippen LogP contribution in [0.4, 0.5) is 5.82 Å². The van der Waals surface area contributed by atoms with Gasteiger partial charge in [-0.05, 0) is 125 Å². The minimum absolute atomic E-state index is 0.0209. The minimum Gasteiger partial charge on any atom is -0.393 e. The monoisotopic (exact) mass is 532 g/mol. The molecule has 6 heteroatoms. The Balaban J connectivity index is 1.25. The molecular weight excluding hydrogens is 484 g/mol. The van der Waals surface area contributed by atoms with Crippen LogP contribution in [-0.4, -0.2) is 38.4 Å². The second kappa shape index (κ2) is 11.0. The highest BCUT2D eigenvalue weighted by atomic mass is 16.3. The maximum Gasteiger partial charge on any atom is 0.231 e. The Hall–Kier alpha value is -2.21. The van der Waals surface area contributed by atoms with E-state index in [0.29, 0.717) is 11.5 Å². The van der Waals surface area contributed by atoms with Crippen molar-refractivity contribution in [2.75, 3.05) is 11.4 Å². The molecule has 39 heavy (non-hydrogen) atoms. The number of hydrogen-bond acceptors (Lipinski definition) is 4. The number of fused-ring (bicyclic) bond motifs is 3. The average Bonchev–Trinajstić information content (AvgIpc) is 3.49. The summed E-state index contributed by atoms with van der Waals surface area (Å²) < 4.78 is 1.98. The van der Waals surface area contributed by atoms with Gasteiger partial charge in [0, 0.05) is 36.5 Å². The molecule has 1 N–H and O–H groups in total. The molecule has 2 bridgehead atoms. The smallest absolute Gasteiger partial charge is 0.231 e. The first-order valence-corrected chi connectivity index (χ1v) is 15.9. The second-order valence-corrected chi connectivity index (χ2v) is 13.8. The number of nitrogens with zero attached hydrogens (tertiary/aromatic N) is 4. The number of hydrogen-bond donors (Lipinski definition) is 1. The molecule has 2 aromatic rings. The molecule has 0 atom stereocenters. The highest BCUT2D eigenvalue weighted by Gasteiger charge is 2.52. The number of rotatable bonds is 7. The van der Waals surface area contributed by atoms with Gasteiger partial charge in [0.25, 0.3) is 0 Å². The van der Waals surface area contributed by atoms with E-state index in [4.69, 9.17) is 4.98 Å². The van der Waals surface area contributed by atoms with Crippen LogP contribution in [0.5, 0.6) is 0 Å². The number of aliphatic hydroxyl groups excluding tert-OH is 1. The van der Waals surface area contributed by atoms with Crippen LogP contribution in [0.15, 0.2) is 30.7 Å². The maximum atomic E-state index is 14.2. The van der Waals surface area contributed by atoms with E-state index >= 15 is 0 Å². The first-order valence-electron chi connectivity index (χ1n) is 15.9. The van der Waals surface area contributed by atoms with Crippen molar-refractivity contribution in [3.8, 4) is 11.1 Å². The fourth-order valence-corrected chi connectivity index (χ4v) is 8.52. The molecule has 2 aromatic heterocycles. The lowest BCUT2D eigenvalue weighted by atomic mass is 9.48. The van der Waals surface area contributed by atoms with Gasteiger partial charge in [0.15, 0.2) is 0 Å². The highest BCUT2D eigenvalue weighted by molar-refractivity contribution is 5.95. The normalized spacial score (nSPS) is 31.5. The molecule has 1 amide bonds. The topological polar surface area (TPSA) is 71.2 Å². The largest absolute Gasteiger partial charge is 0.393 e. The molecule has 0 radical (unpaired) electrons. The van der Waals surface area contributed by atoms with Crippen LogP contribution in [0.2, 0.25) is 0 Å². The maximum absolute atomic E-state index is 14.2. The Bertz CT molecular complexity index is 1120. The fraction of sp³-hybridized carbons (Fsp3) is 0.727. The average molecular weight is 533 g/mol. The van der Waals surface area contributed by atoms with Gasteiger partial charge >= 0.3 is 0 Å². The number of amides is 1. The zero-order valence-corrected chi connectivity index (χ0v) is 24.2. The summed E-state index contributed by atoms with van der Waals surface area (Å²) in [6, 6.07) is 4.44. The lowest BCUT2D eigenvalue weighted by Gasteiger charge is -2.58. The summed E-state index contributed by atoms with van der Waals surface area (Å²) in [6.07, 6.45) is 23.5. The van der Waals surface area contributed by atoms with Gasteiger partial charge in [0.05, 0.1) is 12.3 Å². The predicted molar refractivity (Wildman–Crippen MR) is 155 cm³/mol. The standard InChI is InChI=1S/C33H48N4O2/c1-24(2)37-22-27(21-35-37)26-12-19-34-30(20-26)36(31(39)25-8-10-29(38)11-9-25)23-32-13-16-33(17-14-32,18-15-32)28-6-4-3-5-7-28/h12,19-22,24-25,28-29,38H,3-11,13-18,23H2,1-2H3. The number of carbonyl (C=O) groups is 1. The number of aliphatic hydroxyl groups is 1. The third kappa shape index (κ3) is 5.42. The van der Waals surface area contributed by atoms with E-state index in [1.54, 1.807) is 0 Å².